The van der Waals surface area contributed by atoms with Crippen LogP contribution in [0.5, 0.6) is 0 Å². The Morgan fingerprint density at radius 1 is 0.944 bits per heavy atom. The van der Waals surface area contributed by atoms with Gasteiger partial charge in [0.15, 0.2) is 12.1 Å². The Morgan fingerprint density at radius 2 is 1.50 bits per heavy atom. The minimum atomic E-state index is -0.888. The SMILES string of the molecule is C=C1CS[C@@H]2[C@H](NC(=O)Cc3ccccc3)C(=O)N2[C@H]1C(=O)OC(c1ccccc1)c1ccccc1. The molecule has 7 heteroatoms. The lowest BCUT2D eigenvalue weighted by Crippen LogP contribution is -2.74. The maximum absolute atomic E-state index is 13.5. The molecule has 3 aromatic rings. The normalized spacial score (nSPS) is 20.9. The van der Waals surface area contributed by atoms with Gasteiger partial charge in [0.2, 0.25) is 11.8 Å². The molecule has 2 amide bonds. The second kappa shape index (κ2) is 10.4. The first-order valence-electron chi connectivity index (χ1n) is 11.8. The summed E-state index contributed by atoms with van der Waals surface area (Å²) in [5.74, 6) is -0.546. The van der Waals surface area contributed by atoms with Gasteiger partial charge in [0.25, 0.3) is 0 Å². The molecule has 0 unspecified atom stereocenters. The fraction of sp³-hybridized carbons (Fsp3) is 0.207. The van der Waals surface area contributed by atoms with E-state index in [0.29, 0.717) is 11.3 Å². The van der Waals surface area contributed by atoms with E-state index in [1.54, 1.807) is 0 Å². The molecule has 2 fully saturated rings. The average molecular weight is 499 g/mol. The summed E-state index contributed by atoms with van der Waals surface area (Å²) in [6.45, 7) is 4.06. The molecule has 2 saturated heterocycles. The van der Waals surface area contributed by atoms with Crippen LogP contribution in [0.15, 0.2) is 103 Å². The van der Waals surface area contributed by atoms with Crippen molar-refractivity contribution < 1.29 is 19.1 Å². The first kappa shape index (κ1) is 23.9. The Hall–Kier alpha value is -3.84. The Kier molecular flexibility index (Phi) is 6.91. The number of amides is 2. The van der Waals surface area contributed by atoms with Crippen molar-refractivity contribution >= 4 is 29.5 Å². The quantitative estimate of drug-likeness (QED) is 0.304. The van der Waals surface area contributed by atoms with Gasteiger partial charge in [-0.1, -0.05) is 97.6 Å². The summed E-state index contributed by atoms with van der Waals surface area (Å²) in [6, 6.07) is 26.8. The zero-order chi connectivity index (χ0) is 25.1. The molecule has 1 N–H and O–H groups in total. The van der Waals surface area contributed by atoms with Crippen LogP contribution in [0.4, 0.5) is 0 Å². The van der Waals surface area contributed by atoms with Crippen molar-refractivity contribution in [3.63, 3.8) is 0 Å². The molecule has 5 rings (SSSR count). The molecule has 0 spiro atoms. The van der Waals surface area contributed by atoms with E-state index in [4.69, 9.17) is 4.74 Å². The van der Waals surface area contributed by atoms with E-state index >= 15 is 0 Å². The second-order valence-corrected chi connectivity index (χ2v) is 9.96. The first-order chi connectivity index (χ1) is 17.5. The maximum Gasteiger partial charge on any atom is 0.334 e. The summed E-state index contributed by atoms with van der Waals surface area (Å²) in [5, 5.41) is 2.51. The second-order valence-electron chi connectivity index (χ2n) is 8.85. The maximum atomic E-state index is 13.5. The van der Waals surface area contributed by atoms with Crippen LogP contribution in [0.25, 0.3) is 0 Å². The number of β-lactam (4-membered cyclic amide) rings is 1. The van der Waals surface area contributed by atoms with Crippen LogP contribution < -0.4 is 5.32 Å². The predicted octanol–water partition coefficient (Wildman–Crippen LogP) is 3.89. The standard InChI is InChI=1S/C29H26N2O4S/c1-19-18-36-28-24(30-23(32)17-20-11-5-2-6-12-20)27(33)31(28)25(19)29(34)35-26(21-13-7-3-8-14-21)22-15-9-4-10-16-22/h2-16,24-26,28H,1,17-18H2,(H,30,32)/t24-,25-,28-/m1/s1. The summed E-state index contributed by atoms with van der Waals surface area (Å²) >= 11 is 1.50. The summed E-state index contributed by atoms with van der Waals surface area (Å²) in [7, 11) is 0. The van der Waals surface area contributed by atoms with Crippen LogP contribution >= 0.6 is 11.8 Å². The molecular weight excluding hydrogens is 472 g/mol. The number of nitrogens with zero attached hydrogens (tertiary/aromatic N) is 1. The molecule has 0 aromatic heterocycles. The zero-order valence-corrected chi connectivity index (χ0v) is 20.4. The predicted molar refractivity (Wildman–Crippen MR) is 139 cm³/mol. The highest BCUT2D eigenvalue weighted by atomic mass is 32.2. The van der Waals surface area contributed by atoms with Gasteiger partial charge in [-0.2, -0.15) is 0 Å². The van der Waals surface area contributed by atoms with Gasteiger partial charge in [0.05, 0.1) is 6.42 Å². The van der Waals surface area contributed by atoms with Crippen LogP contribution in [-0.4, -0.2) is 45.9 Å². The fourth-order valence-electron chi connectivity index (χ4n) is 4.59. The molecule has 2 aliphatic rings. The number of nitrogens with one attached hydrogen (secondary N) is 1. The third-order valence-corrected chi connectivity index (χ3v) is 7.75. The van der Waals surface area contributed by atoms with Crippen molar-refractivity contribution in [1.29, 1.82) is 0 Å². The van der Waals surface area contributed by atoms with Gasteiger partial charge in [0.1, 0.15) is 11.4 Å². The van der Waals surface area contributed by atoms with E-state index in [1.807, 2.05) is 91.0 Å². The number of benzene rings is 3. The van der Waals surface area contributed by atoms with E-state index < -0.39 is 24.2 Å². The van der Waals surface area contributed by atoms with Crippen LogP contribution in [-0.2, 0) is 25.5 Å². The molecule has 3 atom stereocenters. The van der Waals surface area contributed by atoms with Gasteiger partial charge in [-0.25, -0.2) is 4.79 Å². The van der Waals surface area contributed by atoms with E-state index in [9.17, 15) is 14.4 Å². The van der Waals surface area contributed by atoms with Crippen LogP contribution in [0.1, 0.15) is 22.8 Å². The van der Waals surface area contributed by atoms with Gasteiger partial charge >= 0.3 is 5.97 Å². The average Bonchev–Trinajstić information content (AvgIpc) is 2.91. The van der Waals surface area contributed by atoms with Gasteiger partial charge in [-0.05, 0) is 22.3 Å². The van der Waals surface area contributed by atoms with Crippen molar-refractivity contribution in [3.8, 4) is 0 Å². The molecule has 2 aliphatic heterocycles. The fourth-order valence-corrected chi connectivity index (χ4v) is 5.89. The van der Waals surface area contributed by atoms with Crippen molar-refractivity contribution in [3.05, 3.63) is 120 Å². The Bertz CT molecular complexity index is 1230. The smallest absolute Gasteiger partial charge is 0.334 e. The lowest BCUT2D eigenvalue weighted by atomic mass is 9.97. The van der Waals surface area contributed by atoms with Gasteiger partial charge in [-0.15, -0.1) is 11.8 Å². The number of carbonyl (C=O) groups excluding carboxylic acids is 3. The number of carbonyl (C=O) groups is 3. The van der Waals surface area contributed by atoms with Crippen LogP contribution in [0.3, 0.4) is 0 Å². The third kappa shape index (κ3) is 4.79. The van der Waals surface area contributed by atoms with E-state index in [1.165, 1.54) is 16.7 Å². The molecule has 182 valence electrons. The Balaban J connectivity index is 1.30. The van der Waals surface area contributed by atoms with E-state index in [0.717, 1.165) is 16.7 Å². The van der Waals surface area contributed by atoms with Gasteiger partial charge in [0, 0.05) is 5.75 Å². The highest BCUT2D eigenvalue weighted by molar-refractivity contribution is 8.00. The minimum Gasteiger partial charge on any atom is -0.451 e. The number of hydrogen-bond acceptors (Lipinski definition) is 5. The molecule has 3 aromatic carbocycles. The van der Waals surface area contributed by atoms with E-state index in [-0.39, 0.29) is 23.6 Å². The third-order valence-electron chi connectivity index (χ3n) is 6.37. The highest BCUT2D eigenvalue weighted by Gasteiger charge is 2.56. The van der Waals surface area contributed by atoms with Gasteiger partial charge in [-0.3, -0.25) is 9.59 Å². The molecule has 2 heterocycles. The lowest BCUT2D eigenvalue weighted by Gasteiger charge is -2.52. The Labute approximate surface area is 214 Å². The summed E-state index contributed by atoms with van der Waals surface area (Å²) < 4.78 is 6.04. The zero-order valence-electron chi connectivity index (χ0n) is 19.6. The number of thioether (sulfide) groups is 1. The summed E-state index contributed by atoms with van der Waals surface area (Å²) in [5.41, 5.74) is 3.16. The monoisotopic (exact) mass is 498 g/mol. The molecule has 6 nitrogen and oxygen atoms in total. The molecule has 0 bridgehead atoms. The molecule has 0 radical (unpaired) electrons. The minimum absolute atomic E-state index is 0.190. The first-order valence-corrected chi connectivity index (χ1v) is 12.8. The number of hydrogen-bond donors (Lipinski definition) is 1. The number of esters is 1. The summed E-state index contributed by atoms with van der Waals surface area (Å²) in [6.07, 6.45) is -0.422. The van der Waals surface area contributed by atoms with Crippen molar-refractivity contribution in [2.24, 2.45) is 0 Å². The number of fused-ring (bicyclic) bond motifs is 1. The van der Waals surface area contributed by atoms with E-state index in [2.05, 4.69) is 11.9 Å². The van der Waals surface area contributed by atoms with Crippen molar-refractivity contribution in [1.82, 2.24) is 10.2 Å². The van der Waals surface area contributed by atoms with Crippen molar-refractivity contribution in [2.75, 3.05) is 5.75 Å². The molecule has 0 saturated carbocycles. The lowest BCUT2D eigenvalue weighted by molar-refractivity contribution is -0.165. The number of ether oxygens (including phenoxy) is 1. The topological polar surface area (TPSA) is 75.7 Å². The Morgan fingerprint density at radius 3 is 2.08 bits per heavy atom. The van der Waals surface area contributed by atoms with Gasteiger partial charge < -0.3 is 15.0 Å². The molecule has 36 heavy (non-hydrogen) atoms. The number of rotatable bonds is 7. The van der Waals surface area contributed by atoms with Crippen LogP contribution in [0.2, 0.25) is 0 Å². The largest absolute Gasteiger partial charge is 0.451 e. The van der Waals surface area contributed by atoms with Crippen LogP contribution in [0, 0.1) is 0 Å². The van der Waals surface area contributed by atoms with Crippen molar-refractivity contribution in [2.45, 2.75) is 30.0 Å². The molecular formula is C29H26N2O4S. The summed E-state index contributed by atoms with van der Waals surface area (Å²) in [4.78, 5) is 40.7. The highest BCUT2D eigenvalue weighted by Crippen LogP contribution is 2.41. The molecule has 0 aliphatic carbocycles.